The number of benzene rings is 2. The van der Waals surface area contributed by atoms with Crippen molar-refractivity contribution in [3.8, 4) is 0 Å². The monoisotopic (exact) mass is 485 g/mol. The van der Waals surface area contributed by atoms with Gasteiger partial charge in [-0.25, -0.2) is 8.42 Å². The lowest BCUT2D eigenvalue weighted by Crippen LogP contribution is -2.34. The average molecular weight is 486 g/mol. The number of nitro benzene ring substituents is 1. The molecule has 2 heterocycles. The maximum atomic E-state index is 13.2. The van der Waals surface area contributed by atoms with E-state index in [1.807, 2.05) is 0 Å². The van der Waals surface area contributed by atoms with Crippen LogP contribution >= 0.6 is 0 Å². The first kappa shape index (κ1) is 23.7. The second-order valence-corrected chi connectivity index (χ2v) is 10.3. The van der Waals surface area contributed by atoms with Crippen molar-refractivity contribution in [2.75, 3.05) is 29.9 Å². The Morgan fingerprint density at radius 3 is 2.62 bits per heavy atom. The number of piperidine rings is 1. The molecule has 0 saturated carbocycles. The second kappa shape index (κ2) is 9.80. The number of rotatable bonds is 6. The fourth-order valence-corrected chi connectivity index (χ4v) is 5.26. The first-order valence-corrected chi connectivity index (χ1v) is 12.7. The van der Waals surface area contributed by atoms with E-state index in [4.69, 9.17) is 0 Å². The molecule has 0 unspecified atom stereocenters. The number of hydrogen-bond acceptors (Lipinski definition) is 7. The Morgan fingerprint density at radius 1 is 1.18 bits per heavy atom. The number of nitrogens with zero attached hydrogens (tertiary/aromatic N) is 3. The molecule has 2 aliphatic rings. The topological polar surface area (TPSA) is 134 Å². The van der Waals surface area contributed by atoms with Gasteiger partial charge in [-0.3, -0.25) is 24.6 Å². The highest BCUT2D eigenvalue weighted by Gasteiger charge is 2.24. The van der Waals surface area contributed by atoms with Gasteiger partial charge in [0.05, 0.1) is 21.1 Å². The summed E-state index contributed by atoms with van der Waals surface area (Å²) in [5.74, 6) is 0.464. The van der Waals surface area contributed by atoms with E-state index in [1.165, 1.54) is 30.3 Å². The Labute approximate surface area is 198 Å². The lowest BCUT2D eigenvalue weighted by atomic mass is 9.98. The maximum Gasteiger partial charge on any atom is 0.270 e. The number of hydrogen-bond donors (Lipinski definition) is 2. The third kappa shape index (κ3) is 5.36. The van der Waals surface area contributed by atoms with Gasteiger partial charge >= 0.3 is 0 Å². The molecule has 0 radical (unpaired) electrons. The summed E-state index contributed by atoms with van der Waals surface area (Å²) in [7, 11) is -3.84. The third-order valence-corrected chi connectivity index (χ3v) is 7.47. The van der Waals surface area contributed by atoms with E-state index in [1.54, 1.807) is 12.1 Å². The molecular weight excluding hydrogens is 458 g/mol. The molecule has 34 heavy (non-hydrogen) atoms. The van der Waals surface area contributed by atoms with Gasteiger partial charge in [-0.05, 0) is 49.4 Å². The lowest BCUT2D eigenvalue weighted by molar-refractivity contribution is -0.384. The van der Waals surface area contributed by atoms with Crippen LogP contribution in [0.1, 0.15) is 43.0 Å². The van der Waals surface area contributed by atoms with Gasteiger partial charge in [-0.2, -0.15) is 0 Å². The van der Waals surface area contributed by atoms with Crippen molar-refractivity contribution >= 4 is 38.8 Å². The zero-order valence-electron chi connectivity index (χ0n) is 18.9. The average Bonchev–Trinajstić information content (AvgIpc) is 3.31. The van der Waals surface area contributed by atoms with Crippen molar-refractivity contribution in [3.05, 3.63) is 58.1 Å². The Balaban J connectivity index is 1.59. The number of anilines is 2. The Kier molecular flexibility index (Phi) is 6.82. The van der Waals surface area contributed by atoms with E-state index < -0.39 is 20.9 Å². The SMILES string of the molecule is CC1CCN(c2ccc([N+](=O)[O-])cc2C(=O)Nc2cccc(S(=O)(=O)NC3=NCCC3)c2)CC1. The molecule has 2 aliphatic heterocycles. The summed E-state index contributed by atoms with van der Waals surface area (Å²) in [4.78, 5) is 30.2. The quantitative estimate of drug-likeness (QED) is 0.475. The van der Waals surface area contributed by atoms with E-state index in [2.05, 4.69) is 26.9 Å². The van der Waals surface area contributed by atoms with E-state index >= 15 is 0 Å². The first-order chi connectivity index (χ1) is 16.2. The fourth-order valence-electron chi connectivity index (χ4n) is 4.12. The first-order valence-electron chi connectivity index (χ1n) is 11.2. The molecular formula is C23H27N5O5S. The van der Waals surface area contributed by atoms with Crippen LogP contribution in [0.5, 0.6) is 0 Å². The van der Waals surface area contributed by atoms with E-state index in [-0.39, 0.29) is 21.8 Å². The van der Waals surface area contributed by atoms with Gasteiger partial charge in [-0.1, -0.05) is 13.0 Å². The highest BCUT2D eigenvalue weighted by Crippen LogP contribution is 2.30. The van der Waals surface area contributed by atoms with Crippen LogP contribution in [-0.2, 0) is 10.0 Å². The summed E-state index contributed by atoms with van der Waals surface area (Å²) >= 11 is 0. The number of non-ortho nitro benzene ring substituents is 1. The summed E-state index contributed by atoms with van der Waals surface area (Å²) < 4.78 is 27.9. The molecule has 1 saturated heterocycles. The molecule has 0 atom stereocenters. The van der Waals surface area contributed by atoms with Crippen LogP contribution in [0, 0.1) is 16.0 Å². The highest BCUT2D eigenvalue weighted by molar-refractivity contribution is 7.90. The van der Waals surface area contributed by atoms with Crippen molar-refractivity contribution in [2.24, 2.45) is 10.9 Å². The minimum Gasteiger partial charge on any atom is -0.371 e. The summed E-state index contributed by atoms with van der Waals surface area (Å²) in [5, 5.41) is 14.0. The number of amidine groups is 1. The van der Waals surface area contributed by atoms with Gasteiger partial charge in [0.1, 0.15) is 5.84 Å². The minimum atomic E-state index is -3.84. The van der Waals surface area contributed by atoms with Gasteiger partial charge in [0.25, 0.3) is 21.6 Å². The van der Waals surface area contributed by atoms with Gasteiger partial charge < -0.3 is 10.2 Å². The Morgan fingerprint density at radius 2 is 1.94 bits per heavy atom. The van der Waals surface area contributed by atoms with Crippen LogP contribution < -0.4 is 14.9 Å². The minimum absolute atomic E-state index is 0.0100. The number of carbonyl (C=O) groups excluding carboxylic acids is 1. The van der Waals surface area contributed by atoms with Crippen LogP contribution in [0.4, 0.5) is 17.1 Å². The van der Waals surface area contributed by atoms with E-state index in [9.17, 15) is 23.3 Å². The van der Waals surface area contributed by atoms with Crippen molar-refractivity contribution in [3.63, 3.8) is 0 Å². The molecule has 0 aromatic heterocycles. The third-order valence-electron chi connectivity index (χ3n) is 6.09. The molecule has 4 rings (SSSR count). The van der Waals surface area contributed by atoms with Crippen LogP contribution in [0.25, 0.3) is 0 Å². The maximum absolute atomic E-state index is 13.2. The lowest BCUT2D eigenvalue weighted by Gasteiger charge is -2.33. The number of nitro groups is 1. The van der Waals surface area contributed by atoms with Crippen LogP contribution in [0.2, 0.25) is 0 Å². The number of sulfonamides is 1. The number of carbonyl (C=O) groups is 1. The summed E-state index contributed by atoms with van der Waals surface area (Å²) in [6.45, 7) is 4.27. The molecule has 0 aliphatic carbocycles. The largest absolute Gasteiger partial charge is 0.371 e. The molecule has 11 heteroatoms. The van der Waals surface area contributed by atoms with Crippen molar-refractivity contribution in [1.29, 1.82) is 0 Å². The Bertz CT molecular complexity index is 1240. The summed E-state index contributed by atoms with van der Waals surface area (Å²) in [5.41, 5.74) is 0.887. The Hall–Kier alpha value is -3.47. The zero-order valence-corrected chi connectivity index (χ0v) is 19.7. The molecule has 1 fully saturated rings. The molecule has 2 N–H and O–H groups in total. The second-order valence-electron chi connectivity index (χ2n) is 8.65. The molecule has 2 aromatic carbocycles. The van der Waals surface area contributed by atoms with Crippen molar-refractivity contribution < 1.29 is 18.1 Å². The van der Waals surface area contributed by atoms with E-state index in [0.29, 0.717) is 30.4 Å². The molecule has 1 amide bonds. The predicted molar refractivity (Wildman–Crippen MR) is 130 cm³/mol. The van der Waals surface area contributed by atoms with Crippen LogP contribution in [-0.4, -0.2) is 44.7 Å². The smallest absolute Gasteiger partial charge is 0.270 e. The van der Waals surface area contributed by atoms with Gasteiger partial charge in [-0.15, -0.1) is 0 Å². The molecule has 180 valence electrons. The van der Waals surface area contributed by atoms with Gasteiger partial charge in [0.15, 0.2) is 0 Å². The number of aliphatic imine (C=N–C) groups is 1. The molecule has 0 spiro atoms. The standard InChI is InChI=1S/C23H27N5O5S/c1-16-9-12-27(13-10-16)21-8-7-18(28(30)31)15-20(21)23(29)25-17-4-2-5-19(14-17)34(32,33)26-22-6-3-11-24-22/h2,4-5,7-8,14-16H,3,6,9-13H2,1H3,(H,24,26)(H,25,29). The number of amides is 1. The van der Waals surface area contributed by atoms with E-state index in [0.717, 1.165) is 32.4 Å². The summed E-state index contributed by atoms with van der Waals surface area (Å²) in [6, 6.07) is 10.2. The number of nitrogens with one attached hydrogen (secondary N) is 2. The van der Waals surface area contributed by atoms with Crippen molar-refractivity contribution in [1.82, 2.24) is 4.72 Å². The predicted octanol–water partition coefficient (Wildman–Crippen LogP) is 3.55. The van der Waals surface area contributed by atoms with Gasteiger partial charge in [0, 0.05) is 43.9 Å². The highest BCUT2D eigenvalue weighted by atomic mass is 32.2. The van der Waals surface area contributed by atoms with Crippen LogP contribution in [0.3, 0.4) is 0 Å². The summed E-state index contributed by atoms with van der Waals surface area (Å²) in [6.07, 6.45) is 3.31. The normalized spacial score (nSPS) is 16.7. The molecule has 10 nitrogen and oxygen atoms in total. The molecule has 0 bridgehead atoms. The fraction of sp³-hybridized carbons (Fsp3) is 0.391. The van der Waals surface area contributed by atoms with Gasteiger partial charge in [0.2, 0.25) is 0 Å². The van der Waals surface area contributed by atoms with Crippen LogP contribution in [0.15, 0.2) is 52.4 Å². The molecule has 2 aromatic rings. The zero-order chi connectivity index (χ0) is 24.3. The van der Waals surface area contributed by atoms with Crippen molar-refractivity contribution in [2.45, 2.75) is 37.5 Å².